The van der Waals surface area contributed by atoms with Crippen LogP contribution in [0.15, 0.2) is 34.6 Å². The first-order chi connectivity index (χ1) is 14.0. The highest BCUT2D eigenvalue weighted by molar-refractivity contribution is 5.93. The van der Waals surface area contributed by atoms with Crippen LogP contribution >= 0.6 is 0 Å². The van der Waals surface area contributed by atoms with Crippen molar-refractivity contribution in [2.75, 3.05) is 0 Å². The van der Waals surface area contributed by atoms with Crippen LogP contribution in [0, 0.1) is 24.2 Å². The van der Waals surface area contributed by atoms with Crippen LogP contribution in [0.1, 0.15) is 67.3 Å². The molecule has 1 N–H and O–H groups in total. The van der Waals surface area contributed by atoms with E-state index in [0.717, 1.165) is 30.0 Å². The molecule has 0 bridgehead atoms. The Morgan fingerprint density at radius 2 is 2.10 bits per heavy atom. The minimum absolute atomic E-state index is 0.177. The van der Waals surface area contributed by atoms with Crippen molar-refractivity contribution in [2.45, 2.75) is 58.3 Å². The fraction of sp³-hybridized carbons (Fsp3) is 0.542. The normalized spacial score (nSPS) is 32.4. The molecule has 3 aliphatic carbocycles. The van der Waals surface area contributed by atoms with E-state index in [4.69, 9.17) is 5.10 Å². The van der Waals surface area contributed by atoms with Crippen molar-refractivity contribution in [1.82, 2.24) is 9.78 Å². The second-order valence-electron chi connectivity index (χ2n) is 9.39. The van der Waals surface area contributed by atoms with Gasteiger partial charge in [0.15, 0.2) is 0 Å². The molecule has 1 heterocycles. The summed E-state index contributed by atoms with van der Waals surface area (Å²) in [6.45, 7) is 4.48. The molecular weight excluding hydrogens is 360 g/mol. The van der Waals surface area contributed by atoms with Gasteiger partial charge in [0, 0.05) is 29.4 Å². The Bertz CT molecular complexity index is 1000. The lowest BCUT2D eigenvalue weighted by Crippen LogP contribution is -2.42. The Balaban J connectivity index is 1.39. The van der Waals surface area contributed by atoms with Crippen LogP contribution in [-0.4, -0.2) is 26.8 Å². The predicted molar refractivity (Wildman–Crippen MR) is 116 cm³/mol. The molecule has 2 fully saturated rings. The summed E-state index contributed by atoms with van der Waals surface area (Å²) in [5.74, 6) is 2.46. The number of nitrogens with zero attached hydrogens (tertiary/aromatic N) is 4. The summed E-state index contributed by atoms with van der Waals surface area (Å²) in [7, 11) is 1.95. The first kappa shape index (κ1) is 18.6. The Hall–Kier alpha value is -2.43. The molecule has 0 spiro atoms. The molecule has 5 heteroatoms. The number of phenolic OH excluding ortho intramolecular Hbond substituents is 1. The van der Waals surface area contributed by atoms with E-state index in [0.29, 0.717) is 17.6 Å². The first-order valence-corrected chi connectivity index (χ1v) is 10.9. The molecule has 0 aliphatic heterocycles. The summed E-state index contributed by atoms with van der Waals surface area (Å²) < 4.78 is 1.86. The lowest BCUT2D eigenvalue weighted by molar-refractivity contribution is 0.0955. The number of phenols is 1. The molecule has 1 aromatic heterocycles. The average Bonchev–Trinajstić information content (AvgIpc) is 3.21. The Labute approximate surface area is 172 Å². The molecule has 5 rings (SSSR count). The number of hydrogen-bond acceptors (Lipinski definition) is 4. The predicted octanol–water partition coefficient (Wildman–Crippen LogP) is 4.77. The van der Waals surface area contributed by atoms with Crippen LogP contribution in [0.25, 0.3) is 0 Å². The van der Waals surface area contributed by atoms with Gasteiger partial charge in [-0.05, 0) is 86.5 Å². The van der Waals surface area contributed by atoms with E-state index >= 15 is 0 Å². The van der Waals surface area contributed by atoms with Gasteiger partial charge >= 0.3 is 0 Å². The molecule has 0 unspecified atom stereocenters. The van der Waals surface area contributed by atoms with Gasteiger partial charge in [-0.3, -0.25) is 4.68 Å². The van der Waals surface area contributed by atoms with E-state index in [1.54, 1.807) is 0 Å². The van der Waals surface area contributed by atoms with Crippen molar-refractivity contribution in [3.8, 4) is 5.75 Å². The maximum atomic E-state index is 9.86. The number of fused-ring (bicyclic) bond motifs is 5. The van der Waals surface area contributed by atoms with Gasteiger partial charge in [-0.15, -0.1) is 0 Å². The molecule has 1 aromatic carbocycles. The van der Waals surface area contributed by atoms with E-state index in [9.17, 15) is 5.11 Å². The summed E-state index contributed by atoms with van der Waals surface area (Å²) in [6.07, 6.45) is 10.7. The van der Waals surface area contributed by atoms with E-state index in [1.165, 1.54) is 42.5 Å². The topological polar surface area (TPSA) is 62.8 Å². The second kappa shape index (κ2) is 6.82. The largest absolute Gasteiger partial charge is 0.508 e. The van der Waals surface area contributed by atoms with E-state index in [2.05, 4.69) is 30.1 Å². The monoisotopic (exact) mass is 390 g/mol. The zero-order valence-corrected chi connectivity index (χ0v) is 17.6. The van der Waals surface area contributed by atoms with Crippen molar-refractivity contribution in [2.24, 2.45) is 34.5 Å². The summed E-state index contributed by atoms with van der Waals surface area (Å²) in [5.41, 5.74) is 6.45. The second-order valence-corrected chi connectivity index (χ2v) is 9.39. The number of benzene rings is 1. The third kappa shape index (κ3) is 2.93. The van der Waals surface area contributed by atoms with Crippen molar-refractivity contribution in [3.05, 3.63) is 46.8 Å². The molecule has 0 amide bonds. The summed E-state index contributed by atoms with van der Waals surface area (Å²) in [5, 5.41) is 23.3. The van der Waals surface area contributed by atoms with Gasteiger partial charge in [-0.25, -0.2) is 0 Å². The highest BCUT2D eigenvalue weighted by Gasteiger charge is 2.53. The van der Waals surface area contributed by atoms with Crippen molar-refractivity contribution >= 4 is 11.9 Å². The van der Waals surface area contributed by atoms with E-state index in [1.807, 2.05) is 36.3 Å². The maximum Gasteiger partial charge on any atom is 0.115 e. The minimum Gasteiger partial charge on any atom is -0.508 e. The third-order valence-electron chi connectivity index (χ3n) is 8.10. The number of rotatable bonds is 2. The Morgan fingerprint density at radius 3 is 2.90 bits per heavy atom. The molecule has 2 saturated carbocycles. The number of aromatic nitrogens is 2. The lowest BCUT2D eigenvalue weighted by Gasteiger charge is -2.49. The van der Waals surface area contributed by atoms with Gasteiger partial charge in [0.2, 0.25) is 0 Å². The summed E-state index contributed by atoms with van der Waals surface area (Å²) in [4.78, 5) is 0. The lowest BCUT2D eigenvalue weighted by atomic mass is 9.55. The SMILES string of the molecule is Cc1c(/C=N\N=C2\CC[C@H]3[C@H]4CCc5cc(O)ccc5[C@@H]4CC[C@@]23C)cnn1C. The molecule has 4 atom stereocenters. The Kier molecular flexibility index (Phi) is 4.37. The number of aromatic hydroxyl groups is 1. The van der Waals surface area contributed by atoms with Gasteiger partial charge in [0.1, 0.15) is 5.75 Å². The number of aryl methyl sites for hydroxylation is 2. The molecule has 5 nitrogen and oxygen atoms in total. The summed E-state index contributed by atoms with van der Waals surface area (Å²) in [6, 6.07) is 6.02. The zero-order valence-electron chi connectivity index (χ0n) is 17.6. The van der Waals surface area contributed by atoms with Gasteiger partial charge in [-0.2, -0.15) is 15.3 Å². The molecule has 152 valence electrons. The first-order valence-electron chi connectivity index (χ1n) is 10.9. The summed E-state index contributed by atoms with van der Waals surface area (Å²) >= 11 is 0. The fourth-order valence-electron chi connectivity index (χ4n) is 6.32. The van der Waals surface area contributed by atoms with E-state index in [-0.39, 0.29) is 5.41 Å². The Morgan fingerprint density at radius 1 is 1.24 bits per heavy atom. The maximum absolute atomic E-state index is 9.86. The fourth-order valence-corrected chi connectivity index (χ4v) is 6.32. The molecule has 0 radical (unpaired) electrons. The van der Waals surface area contributed by atoms with Crippen LogP contribution < -0.4 is 0 Å². The minimum atomic E-state index is 0.177. The smallest absolute Gasteiger partial charge is 0.115 e. The highest BCUT2D eigenvalue weighted by Crippen LogP contribution is 2.60. The quantitative estimate of drug-likeness (QED) is 0.593. The van der Waals surface area contributed by atoms with Gasteiger partial charge in [-0.1, -0.05) is 13.0 Å². The van der Waals surface area contributed by atoms with Crippen LogP contribution in [-0.2, 0) is 13.5 Å². The highest BCUT2D eigenvalue weighted by atomic mass is 16.3. The van der Waals surface area contributed by atoms with Crippen molar-refractivity contribution < 1.29 is 5.11 Å². The molecule has 2 aromatic rings. The van der Waals surface area contributed by atoms with E-state index < -0.39 is 0 Å². The van der Waals surface area contributed by atoms with Crippen LogP contribution in [0.2, 0.25) is 0 Å². The van der Waals surface area contributed by atoms with Gasteiger partial charge in [0.05, 0.1) is 12.4 Å². The number of hydrogen-bond donors (Lipinski definition) is 1. The molecule has 29 heavy (non-hydrogen) atoms. The average molecular weight is 391 g/mol. The molecule has 3 aliphatic rings. The van der Waals surface area contributed by atoms with Crippen LogP contribution in [0.5, 0.6) is 5.75 Å². The van der Waals surface area contributed by atoms with Crippen molar-refractivity contribution in [1.29, 1.82) is 0 Å². The molecule has 0 saturated heterocycles. The van der Waals surface area contributed by atoms with Gasteiger partial charge < -0.3 is 5.11 Å². The van der Waals surface area contributed by atoms with Crippen molar-refractivity contribution in [3.63, 3.8) is 0 Å². The molecular formula is C24H30N4O. The van der Waals surface area contributed by atoms with Crippen LogP contribution in [0.3, 0.4) is 0 Å². The van der Waals surface area contributed by atoms with Gasteiger partial charge in [0.25, 0.3) is 0 Å². The standard InChI is InChI=1S/C24H30N4O/c1-15-17(14-26-28(15)3)13-25-27-23-9-8-22-21-6-4-16-12-18(29)5-7-19(16)20(21)10-11-24(22,23)2/h5,7,12-14,20-22,29H,4,6,8-11H2,1-3H3/b25-13-,27-23-/t20-,21-,22-,24+/m0/s1. The van der Waals surface area contributed by atoms with Crippen LogP contribution in [0.4, 0.5) is 0 Å². The zero-order chi connectivity index (χ0) is 20.2. The third-order valence-corrected chi connectivity index (χ3v) is 8.10.